The molecule has 0 saturated heterocycles. The van der Waals surface area contributed by atoms with Crippen molar-refractivity contribution in [2.45, 2.75) is 20.3 Å². The molecule has 2 N–H and O–H groups in total. The van der Waals surface area contributed by atoms with E-state index < -0.39 is 11.6 Å². The predicted octanol–water partition coefficient (Wildman–Crippen LogP) is 2.54. The van der Waals surface area contributed by atoms with E-state index in [9.17, 15) is 13.6 Å². The van der Waals surface area contributed by atoms with Gasteiger partial charge in [0.05, 0.1) is 12.2 Å². The minimum atomic E-state index is -0.577. The minimum Gasteiger partial charge on any atom is -0.374 e. The van der Waals surface area contributed by atoms with E-state index in [0.29, 0.717) is 12.5 Å². The molecular weight excluding hydrogens is 238 g/mol. The van der Waals surface area contributed by atoms with E-state index >= 15 is 0 Å². The molecular formula is C13H18F2N2O. The number of amides is 1. The Morgan fingerprint density at radius 3 is 2.72 bits per heavy atom. The van der Waals surface area contributed by atoms with E-state index in [1.165, 1.54) is 0 Å². The van der Waals surface area contributed by atoms with Crippen molar-refractivity contribution in [3.8, 4) is 0 Å². The van der Waals surface area contributed by atoms with Crippen LogP contribution in [0, 0.1) is 17.6 Å². The number of hydrogen-bond donors (Lipinski definition) is 2. The third-order valence-corrected chi connectivity index (χ3v) is 2.41. The van der Waals surface area contributed by atoms with Crippen LogP contribution in [0.3, 0.4) is 0 Å². The molecule has 0 radical (unpaired) electrons. The monoisotopic (exact) mass is 256 g/mol. The molecule has 1 amide bonds. The topological polar surface area (TPSA) is 41.1 Å². The van der Waals surface area contributed by atoms with Crippen molar-refractivity contribution in [3.05, 3.63) is 29.8 Å². The summed E-state index contributed by atoms with van der Waals surface area (Å²) in [7, 11) is 0. The van der Waals surface area contributed by atoms with Crippen LogP contribution < -0.4 is 10.6 Å². The van der Waals surface area contributed by atoms with Crippen molar-refractivity contribution in [1.29, 1.82) is 0 Å². The van der Waals surface area contributed by atoms with E-state index in [1.807, 2.05) is 0 Å². The number of anilines is 1. The zero-order valence-electron chi connectivity index (χ0n) is 10.6. The Kier molecular flexibility index (Phi) is 5.55. The van der Waals surface area contributed by atoms with Crippen LogP contribution in [0.2, 0.25) is 0 Å². The smallest absolute Gasteiger partial charge is 0.239 e. The molecule has 0 unspecified atom stereocenters. The molecule has 0 spiro atoms. The molecule has 0 aliphatic heterocycles. The molecule has 100 valence electrons. The van der Waals surface area contributed by atoms with Gasteiger partial charge in [-0.25, -0.2) is 8.78 Å². The summed E-state index contributed by atoms with van der Waals surface area (Å²) in [5.74, 6) is -0.844. The van der Waals surface area contributed by atoms with E-state index in [4.69, 9.17) is 0 Å². The van der Waals surface area contributed by atoms with Crippen LogP contribution in [0.25, 0.3) is 0 Å². The van der Waals surface area contributed by atoms with Gasteiger partial charge in [0.15, 0.2) is 0 Å². The lowest BCUT2D eigenvalue weighted by Gasteiger charge is -2.09. The minimum absolute atomic E-state index is 0.00555. The van der Waals surface area contributed by atoms with Gasteiger partial charge < -0.3 is 10.6 Å². The quantitative estimate of drug-likeness (QED) is 0.821. The van der Waals surface area contributed by atoms with Gasteiger partial charge in [0.1, 0.15) is 11.6 Å². The third-order valence-electron chi connectivity index (χ3n) is 2.41. The van der Waals surface area contributed by atoms with Gasteiger partial charge in [0, 0.05) is 6.54 Å². The average molecular weight is 256 g/mol. The van der Waals surface area contributed by atoms with Gasteiger partial charge in [-0.15, -0.1) is 0 Å². The van der Waals surface area contributed by atoms with Crippen LogP contribution in [0.15, 0.2) is 18.2 Å². The number of benzene rings is 1. The lowest BCUT2D eigenvalue weighted by molar-refractivity contribution is -0.119. The molecule has 0 fully saturated rings. The van der Waals surface area contributed by atoms with Crippen molar-refractivity contribution < 1.29 is 13.6 Å². The van der Waals surface area contributed by atoms with Crippen LogP contribution in [0.1, 0.15) is 20.3 Å². The van der Waals surface area contributed by atoms with Crippen molar-refractivity contribution in [2.75, 3.05) is 18.4 Å². The zero-order chi connectivity index (χ0) is 13.5. The number of hydrogen-bond acceptors (Lipinski definition) is 2. The maximum Gasteiger partial charge on any atom is 0.239 e. The first-order chi connectivity index (χ1) is 8.49. The highest BCUT2D eigenvalue weighted by molar-refractivity contribution is 5.80. The van der Waals surface area contributed by atoms with Crippen molar-refractivity contribution in [3.63, 3.8) is 0 Å². The van der Waals surface area contributed by atoms with Gasteiger partial charge in [-0.3, -0.25) is 4.79 Å². The fraction of sp³-hybridized carbons (Fsp3) is 0.462. The van der Waals surface area contributed by atoms with Gasteiger partial charge in [-0.2, -0.15) is 0 Å². The lowest BCUT2D eigenvalue weighted by Crippen LogP contribution is -2.31. The number of halogens is 2. The normalized spacial score (nSPS) is 10.5. The Hall–Kier alpha value is -1.65. The van der Waals surface area contributed by atoms with Crippen molar-refractivity contribution >= 4 is 11.6 Å². The second-order valence-electron chi connectivity index (χ2n) is 4.51. The van der Waals surface area contributed by atoms with Crippen molar-refractivity contribution in [2.24, 2.45) is 5.92 Å². The van der Waals surface area contributed by atoms with Crippen LogP contribution in [-0.4, -0.2) is 19.0 Å². The van der Waals surface area contributed by atoms with E-state index in [2.05, 4.69) is 24.5 Å². The summed E-state index contributed by atoms with van der Waals surface area (Å²) in [4.78, 5) is 11.4. The molecule has 0 heterocycles. The zero-order valence-corrected chi connectivity index (χ0v) is 10.6. The number of carbonyl (C=O) groups excluding carboxylic acids is 1. The summed E-state index contributed by atoms with van der Waals surface area (Å²) < 4.78 is 26.1. The molecule has 0 atom stereocenters. The first kappa shape index (κ1) is 14.4. The standard InChI is InChI=1S/C13H18F2N2O/c1-9(2)5-6-16-13(18)8-17-12-7-10(14)3-4-11(12)15/h3-4,7,9,17H,5-6,8H2,1-2H3,(H,16,18). The van der Waals surface area contributed by atoms with E-state index in [1.54, 1.807) is 0 Å². The first-order valence-electron chi connectivity index (χ1n) is 5.94. The Bertz CT molecular complexity index is 408. The van der Waals surface area contributed by atoms with Crippen LogP contribution in [0.5, 0.6) is 0 Å². The fourth-order valence-electron chi connectivity index (χ4n) is 1.37. The number of nitrogens with one attached hydrogen (secondary N) is 2. The SMILES string of the molecule is CC(C)CCNC(=O)CNc1cc(F)ccc1F. The van der Waals surface area contributed by atoms with Gasteiger partial charge in [0.25, 0.3) is 0 Å². The van der Waals surface area contributed by atoms with Crippen molar-refractivity contribution in [1.82, 2.24) is 5.32 Å². The van der Waals surface area contributed by atoms with Gasteiger partial charge >= 0.3 is 0 Å². The molecule has 3 nitrogen and oxygen atoms in total. The molecule has 18 heavy (non-hydrogen) atoms. The number of carbonyl (C=O) groups is 1. The predicted molar refractivity (Wildman–Crippen MR) is 67.3 cm³/mol. The summed E-state index contributed by atoms with van der Waals surface area (Å²) >= 11 is 0. The molecule has 0 bridgehead atoms. The summed E-state index contributed by atoms with van der Waals surface area (Å²) in [6, 6.07) is 3.08. The van der Waals surface area contributed by atoms with Gasteiger partial charge in [0.2, 0.25) is 5.91 Å². The second-order valence-corrected chi connectivity index (χ2v) is 4.51. The highest BCUT2D eigenvalue weighted by atomic mass is 19.1. The average Bonchev–Trinajstić information content (AvgIpc) is 2.30. The molecule has 0 saturated carbocycles. The largest absolute Gasteiger partial charge is 0.374 e. The first-order valence-corrected chi connectivity index (χ1v) is 5.94. The number of rotatable bonds is 6. The summed E-state index contributed by atoms with van der Waals surface area (Å²) in [6.45, 7) is 4.64. The molecule has 1 aromatic rings. The fourth-order valence-corrected chi connectivity index (χ4v) is 1.37. The Morgan fingerprint density at radius 2 is 2.06 bits per heavy atom. The summed E-state index contributed by atoms with van der Waals surface area (Å²) in [5, 5.41) is 5.27. The Morgan fingerprint density at radius 1 is 1.33 bits per heavy atom. The maximum atomic E-state index is 13.2. The van der Waals surface area contributed by atoms with Crippen LogP contribution >= 0.6 is 0 Å². The van der Waals surface area contributed by atoms with Gasteiger partial charge in [-0.1, -0.05) is 13.8 Å². The molecule has 0 aromatic heterocycles. The molecule has 5 heteroatoms. The van der Waals surface area contributed by atoms with Crippen LogP contribution in [0.4, 0.5) is 14.5 Å². The lowest BCUT2D eigenvalue weighted by atomic mass is 10.1. The molecule has 1 rings (SSSR count). The molecule has 0 aliphatic rings. The summed E-state index contributed by atoms with van der Waals surface area (Å²) in [6.07, 6.45) is 0.889. The summed E-state index contributed by atoms with van der Waals surface area (Å²) in [5.41, 5.74) is -0.00555. The Labute approximate surface area is 106 Å². The third kappa shape index (κ3) is 5.12. The van der Waals surface area contributed by atoms with Crippen LogP contribution in [-0.2, 0) is 4.79 Å². The molecule has 1 aromatic carbocycles. The highest BCUT2D eigenvalue weighted by Gasteiger charge is 2.06. The second kappa shape index (κ2) is 6.93. The van der Waals surface area contributed by atoms with Gasteiger partial charge in [-0.05, 0) is 30.5 Å². The molecule has 0 aliphatic carbocycles. The Balaban J connectivity index is 2.36. The van der Waals surface area contributed by atoms with E-state index in [0.717, 1.165) is 24.6 Å². The maximum absolute atomic E-state index is 13.2. The van der Waals surface area contributed by atoms with E-state index in [-0.39, 0.29) is 18.1 Å². The highest BCUT2D eigenvalue weighted by Crippen LogP contribution is 2.14.